The number of halogens is 1. The van der Waals surface area contributed by atoms with Crippen LogP contribution in [0.2, 0.25) is 5.02 Å². The molecule has 138 valence electrons. The van der Waals surface area contributed by atoms with Crippen LogP contribution in [0.3, 0.4) is 0 Å². The standard InChI is InChI=1S/C19H20ClNO5/c1-12(18(22)21-11-14-6-4-5-7-15(14)20)26-16-9-8-13(19(23)25-3)10-17(16)24-2/h4-10,12H,11H2,1-3H3,(H,21,22)/t12-/m0/s1. The van der Waals surface area contributed by atoms with Gasteiger partial charge in [-0.2, -0.15) is 0 Å². The lowest BCUT2D eigenvalue weighted by atomic mass is 10.2. The van der Waals surface area contributed by atoms with E-state index in [-0.39, 0.29) is 5.91 Å². The molecule has 2 aromatic carbocycles. The molecule has 0 aliphatic rings. The van der Waals surface area contributed by atoms with Crippen LogP contribution in [0.1, 0.15) is 22.8 Å². The van der Waals surface area contributed by atoms with Crippen molar-refractivity contribution in [1.29, 1.82) is 0 Å². The molecule has 0 aliphatic heterocycles. The zero-order chi connectivity index (χ0) is 19.1. The molecule has 1 amide bonds. The van der Waals surface area contributed by atoms with E-state index in [1.807, 2.05) is 18.2 Å². The number of nitrogens with one attached hydrogen (secondary N) is 1. The summed E-state index contributed by atoms with van der Waals surface area (Å²) in [5.74, 6) is -0.108. The molecule has 1 N–H and O–H groups in total. The Morgan fingerprint density at radius 3 is 2.50 bits per heavy atom. The summed E-state index contributed by atoms with van der Waals surface area (Å²) in [6, 6.07) is 11.9. The van der Waals surface area contributed by atoms with Gasteiger partial charge >= 0.3 is 5.97 Å². The summed E-state index contributed by atoms with van der Waals surface area (Å²) in [7, 11) is 2.75. The third-order valence-electron chi connectivity index (χ3n) is 3.67. The van der Waals surface area contributed by atoms with Gasteiger partial charge in [-0.1, -0.05) is 29.8 Å². The average Bonchev–Trinajstić information content (AvgIpc) is 2.66. The Hall–Kier alpha value is -2.73. The lowest BCUT2D eigenvalue weighted by molar-refractivity contribution is -0.127. The molecular formula is C19H20ClNO5. The highest BCUT2D eigenvalue weighted by Crippen LogP contribution is 2.29. The summed E-state index contributed by atoms with van der Waals surface area (Å²) in [4.78, 5) is 23.8. The maximum Gasteiger partial charge on any atom is 0.337 e. The van der Waals surface area contributed by atoms with Crippen LogP contribution in [0, 0.1) is 0 Å². The van der Waals surface area contributed by atoms with Crippen LogP contribution < -0.4 is 14.8 Å². The summed E-state index contributed by atoms with van der Waals surface area (Å²) < 4.78 is 15.6. The van der Waals surface area contributed by atoms with E-state index in [0.29, 0.717) is 28.6 Å². The number of ether oxygens (including phenoxy) is 3. The van der Waals surface area contributed by atoms with Crippen molar-refractivity contribution >= 4 is 23.5 Å². The highest BCUT2D eigenvalue weighted by molar-refractivity contribution is 6.31. The maximum absolute atomic E-state index is 12.3. The Morgan fingerprint density at radius 1 is 1.12 bits per heavy atom. The first-order chi connectivity index (χ1) is 12.5. The largest absolute Gasteiger partial charge is 0.493 e. The molecule has 7 heteroatoms. The van der Waals surface area contributed by atoms with Crippen molar-refractivity contribution < 1.29 is 23.8 Å². The first-order valence-electron chi connectivity index (χ1n) is 7.90. The zero-order valence-corrected chi connectivity index (χ0v) is 15.5. The van der Waals surface area contributed by atoms with Crippen molar-refractivity contribution in [3.05, 3.63) is 58.6 Å². The first kappa shape index (κ1) is 19.6. The van der Waals surface area contributed by atoms with Crippen LogP contribution in [-0.2, 0) is 16.1 Å². The quantitative estimate of drug-likeness (QED) is 0.750. The molecule has 0 saturated heterocycles. The number of rotatable bonds is 7. The number of methoxy groups -OCH3 is 2. The molecule has 0 aromatic heterocycles. The van der Waals surface area contributed by atoms with E-state index in [0.717, 1.165) is 5.56 Å². The summed E-state index contributed by atoms with van der Waals surface area (Å²) >= 11 is 6.07. The number of carbonyl (C=O) groups is 2. The van der Waals surface area contributed by atoms with Crippen molar-refractivity contribution in [1.82, 2.24) is 5.32 Å². The lowest BCUT2D eigenvalue weighted by Crippen LogP contribution is -2.36. The van der Waals surface area contributed by atoms with Crippen molar-refractivity contribution in [3.63, 3.8) is 0 Å². The van der Waals surface area contributed by atoms with E-state index in [2.05, 4.69) is 10.1 Å². The minimum atomic E-state index is -0.768. The van der Waals surface area contributed by atoms with Gasteiger partial charge in [-0.25, -0.2) is 4.79 Å². The number of carbonyl (C=O) groups excluding carboxylic acids is 2. The summed E-state index contributed by atoms with van der Waals surface area (Å²) in [6.45, 7) is 1.92. The lowest BCUT2D eigenvalue weighted by Gasteiger charge is -2.17. The summed E-state index contributed by atoms with van der Waals surface area (Å²) in [5, 5.41) is 3.36. The molecule has 0 unspecified atom stereocenters. The van der Waals surface area contributed by atoms with E-state index in [1.54, 1.807) is 19.1 Å². The third-order valence-corrected chi connectivity index (χ3v) is 4.04. The van der Waals surface area contributed by atoms with Gasteiger partial charge in [0.05, 0.1) is 19.8 Å². The fraction of sp³-hybridized carbons (Fsp3) is 0.263. The third kappa shape index (κ3) is 4.89. The Bertz CT molecular complexity index is 793. The van der Waals surface area contributed by atoms with Crippen LogP contribution in [0.25, 0.3) is 0 Å². The smallest absolute Gasteiger partial charge is 0.337 e. The monoisotopic (exact) mass is 377 g/mol. The zero-order valence-electron chi connectivity index (χ0n) is 14.7. The van der Waals surface area contributed by atoms with E-state index >= 15 is 0 Å². The average molecular weight is 378 g/mol. The molecule has 26 heavy (non-hydrogen) atoms. The number of esters is 1. The van der Waals surface area contributed by atoms with Gasteiger partial charge < -0.3 is 19.5 Å². The second kappa shape index (κ2) is 9.10. The van der Waals surface area contributed by atoms with Crippen LogP contribution in [0.4, 0.5) is 0 Å². The number of amides is 1. The second-order valence-electron chi connectivity index (χ2n) is 5.43. The molecule has 0 bridgehead atoms. The van der Waals surface area contributed by atoms with Gasteiger partial charge in [0, 0.05) is 11.6 Å². The molecule has 0 fully saturated rings. The Kier molecular flexibility index (Phi) is 6.86. The molecule has 0 aliphatic carbocycles. The maximum atomic E-state index is 12.3. The van der Waals surface area contributed by atoms with Gasteiger partial charge in [0.25, 0.3) is 5.91 Å². The molecule has 1 atom stereocenters. The van der Waals surface area contributed by atoms with Crippen molar-refractivity contribution in [3.8, 4) is 11.5 Å². The number of hydrogen-bond donors (Lipinski definition) is 1. The molecule has 2 rings (SSSR count). The molecule has 6 nitrogen and oxygen atoms in total. The topological polar surface area (TPSA) is 73.9 Å². The van der Waals surface area contributed by atoms with E-state index in [9.17, 15) is 9.59 Å². The highest BCUT2D eigenvalue weighted by atomic mass is 35.5. The highest BCUT2D eigenvalue weighted by Gasteiger charge is 2.18. The van der Waals surface area contributed by atoms with E-state index in [4.69, 9.17) is 21.1 Å². The van der Waals surface area contributed by atoms with Gasteiger partial charge in [0.2, 0.25) is 0 Å². The number of hydrogen-bond acceptors (Lipinski definition) is 5. The van der Waals surface area contributed by atoms with Crippen molar-refractivity contribution in [2.24, 2.45) is 0 Å². The van der Waals surface area contributed by atoms with Crippen LogP contribution >= 0.6 is 11.6 Å². The Balaban J connectivity index is 2.02. The van der Waals surface area contributed by atoms with Crippen LogP contribution in [0.5, 0.6) is 11.5 Å². The van der Waals surface area contributed by atoms with Crippen molar-refractivity contribution in [2.75, 3.05) is 14.2 Å². The fourth-order valence-electron chi connectivity index (χ4n) is 2.22. The van der Waals surface area contributed by atoms with Gasteiger partial charge in [-0.05, 0) is 36.8 Å². The van der Waals surface area contributed by atoms with E-state index in [1.165, 1.54) is 26.4 Å². The predicted octanol–water partition coefficient (Wildman–Crippen LogP) is 3.22. The summed E-state index contributed by atoms with van der Waals surface area (Å²) in [5.41, 5.74) is 1.14. The van der Waals surface area contributed by atoms with Crippen LogP contribution in [-0.4, -0.2) is 32.2 Å². The fourth-order valence-corrected chi connectivity index (χ4v) is 2.42. The number of benzene rings is 2. The summed E-state index contributed by atoms with van der Waals surface area (Å²) in [6.07, 6.45) is -0.768. The molecule has 0 saturated carbocycles. The second-order valence-corrected chi connectivity index (χ2v) is 5.83. The van der Waals surface area contributed by atoms with Crippen LogP contribution in [0.15, 0.2) is 42.5 Å². The normalized spacial score (nSPS) is 11.4. The Morgan fingerprint density at radius 2 is 1.85 bits per heavy atom. The Labute approximate surface area is 157 Å². The van der Waals surface area contributed by atoms with Gasteiger partial charge in [0.1, 0.15) is 0 Å². The minimum absolute atomic E-state index is 0.296. The van der Waals surface area contributed by atoms with Gasteiger partial charge in [0.15, 0.2) is 17.6 Å². The first-order valence-corrected chi connectivity index (χ1v) is 8.28. The predicted molar refractivity (Wildman–Crippen MR) is 97.7 cm³/mol. The molecule has 2 aromatic rings. The molecule has 0 spiro atoms. The van der Waals surface area contributed by atoms with Gasteiger partial charge in [-0.3, -0.25) is 4.79 Å². The molecule has 0 heterocycles. The van der Waals surface area contributed by atoms with E-state index < -0.39 is 12.1 Å². The van der Waals surface area contributed by atoms with Gasteiger partial charge in [-0.15, -0.1) is 0 Å². The minimum Gasteiger partial charge on any atom is -0.493 e. The molecule has 0 radical (unpaired) electrons. The SMILES string of the molecule is COC(=O)c1ccc(O[C@@H](C)C(=O)NCc2ccccc2Cl)c(OC)c1. The molecular weight excluding hydrogens is 358 g/mol. The van der Waals surface area contributed by atoms with Crippen molar-refractivity contribution in [2.45, 2.75) is 19.6 Å².